The number of benzene rings is 1. The number of aliphatic carboxylic acids is 1. The highest BCUT2D eigenvalue weighted by Gasteiger charge is 2.28. The molecule has 0 spiro atoms. The Kier molecular flexibility index (Phi) is 5.38. The summed E-state index contributed by atoms with van der Waals surface area (Å²) in [5, 5.41) is 8.69. The predicted molar refractivity (Wildman–Crippen MR) is 80.0 cm³/mol. The van der Waals surface area contributed by atoms with Gasteiger partial charge in [-0.05, 0) is 12.0 Å². The summed E-state index contributed by atoms with van der Waals surface area (Å²) in [6.45, 7) is 0.293. The molecule has 1 aliphatic rings. The van der Waals surface area contributed by atoms with Crippen LogP contribution in [0, 0.1) is 0 Å². The molecule has 0 bridgehead atoms. The molecule has 112 valence electrons. The van der Waals surface area contributed by atoms with E-state index in [1.807, 2.05) is 30.3 Å². The number of imide groups is 1. The first kappa shape index (κ1) is 15.6. The number of rotatable bonds is 7. The van der Waals surface area contributed by atoms with Crippen molar-refractivity contribution in [2.75, 3.05) is 12.3 Å². The van der Waals surface area contributed by atoms with Crippen LogP contribution in [0.2, 0.25) is 0 Å². The fourth-order valence-electron chi connectivity index (χ4n) is 2.20. The van der Waals surface area contributed by atoms with Crippen LogP contribution in [0.25, 0.3) is 0 Å². The predicted octanol–water partition coefficient (Wildman–Crippen LogP) is 1.56. The van der Waals surface area contributed by atoms with Gasteiger partial charge in [0.15, 0.2) is 0 Å². The van der Waals surface area contributed by atoms with Gasteiger partial charge < -0.3 is 5.11 Å². The van der Waals surface area contributed by atoms with Crippen molar-refractivity contribution >= 4 is 29.5 Å². The molecule has 0 aromatic heterocycles. The minimum absolute atomic E-state index is 0.157. The van der Waals surface area contributed by atoms with E-state index in [9.17, 15) is 19.5 Å². The number of hydrogen-bond acceptors (Lipinski definition) is 4. The number of hydrogen-bond donors (Lipinski definition) is 1. The summed E-state index contributed by atoms with van der Waals surface area (Å²) in [7, 11) is 0. The van der Waals surface area contributed by atoms with Crippen LogP contribution < -0.4 is 0 Å². The molecular formula is C15H17NO4S. The number of carbonyl (C=O) groups is 3. The van der Waals surface area contributed by atoms with E-state index in [0.29, 0.717) is 18.7 Å². The minimum atomic E-state index is -0.872. The third-order valence-corrected chi connectivity index (χ3v) is 4.52. The van der Waals surface area contributed by atoms with Gasteiger partial charge in [-0.25, -0.2) is 0 Å². The Morgan fingerprint density at radius 2 is 1.81 bits per heavy atom. The number of amides is 2. The molecule has 5 nitrogen and oxygen atoms in total. The van der Waals surface area contributed by atoms with Gasteiger partial charge >= 0.3 is 5.97 Å². The van der Waals surface area contributed by atoms with Gasteiger partial charge in [0.25, 0.3) is 0 Å². The molecule has 1 fully saturated rings. The Hall–Kier alpha value is -1.82. The first-order chi connectivity index (χ1) is 10.1. The second kappa shape index (κ2) is 7.26. The molecule has 21 heavy (non-hydrogen) atoms. The maximum Gasteiger partial charge on any atom is 0.316 e. The minimum Gasteiger partial charge on any atom is -0.480 e. The molecule has 1 N–H and O–H groups in total. The zero-order valence-electron chi connectivity index (χ0n) is 11.5. The number of likely N-dealkylation sites (tertiary alicyclic amines) is 1. The summed E-state index contributed by atoms with van der Waals surface area (Å²) >= 11 is 1.27. The van der Waals surface area contributed by atoms with Crippen molar-refractivity contribution in [1.29, 1.82) is 0 Å². The molecule has 6 heteroatoms. The Labute approximate surface area is 127 Å². The largest absolute Gasteiger partial charge is 0.480 e. The van der Waals surface area contributed by atoms with Crippen molar-refractivity contribution in [3.63, 3.8) is 0 Å². The molecule has 1 unspecified atom stereocenters. The topological polar surface area (TPSA) is 74.7 Å². The first-order valence-electron chi connectivity index (χ1n) is 6.79. The molecule has 2 amide bonds. The van der Waals surface area contributed by atoms with Gasteiger partial charge in [-0.2, -0.15) is 0 Å². The quantitative estimate of drug-likeness (QED) is 0.774. The Bertz CT molecular complexity index is 516. The lowest BCUT2D eigenvalue weighted by atomic mass is 10.1. The van der Waals surface area contributed by atoms with Crippen LogP contribution in [0.15, 0.2) is 30.3 Å². The van der Waals surface area contributed by atoms with E-state index in [1.165, 1.54) is 16.7 Å². The molecule has 1 aromatic carbocycles. The monoisotopic (exact) mass is 307 g/mol. The van der Waals surface area contributed by atoms with Crippen molar-refractivity contribution < 1.29 is 19.5 Å². The molecule has 1 saturated heterocycles. The number of carboxylic acid groups (broad SMARTS) is 1. The van der Waals surface area contributed by atoms with Crippen molar-refractivity contribution in [2.45, 2.75) is 24.5 Å². The average Bonchev–Trinajstić information content (AvgIpc) is 2.78. The van der Waals surface area contributed by atoms with Crippen LogP contribution in [-0.4, -0.2) is 45.3 Å². The van der Waals surface area contributed by atoms with Crippen molar-refractivity contribution in [2.24, 2.45) is 0 Å². The van der Waals surface area contributed by atoms with Crippen molar-refractivity contribution in [3.8, 4) is 0 Å². The van der Waals surface area contributed by atoms with E-state index in [2.05, 4.69) is 0 Å². The molecule has 0 aliphatic carbocycles. The molecule has 0 radical (unpaired) electrons. The van der Waals surface area contributed by atoms with E-state index < -0.39 is 11.2 Å². The van der Waals surface area contributed by atoms with Gasteiger partial charge in [0, 0.05) is 25.1 Å². The standard InChI is InChI=1S/C15H17NO4S/c17-13-6-7-14(18)16(13)8-9-21-12(15(19)20)10-11-4-2-1-3-5-11/h1-5,12H,6-10H2,(H,19,20). The van der Waals surface area contributed by atoms with Gasteiger partial charge in [0.05, 0.1) is 0 Å². The van der Waals surface area contributed by atoms with Crippen LogP contribution in [0.1, 0.15) is 18.4 Å². The SMILES string of the molecule is O=C(O)C(Cc1ccccc1)SCCN1C(=O)CCC1=O. The summed E-state index contributed by atoms with van der Waals surface area (Å²) in [4.78, 5) is 35.5. The molecule has 0 saturated carbocycles. The first-order valence-corrected chi connectivity index (χ1v) is 7.84. The zero-order chi connectivity index (χ0) is 15.2. The highest BCUT2D eigenvalue weighted by Crippen LogP contribution is 2.19. The van der Waals surface area contributed by atoms with Crippen LogP contribution in [0.4, 0.5) is 0 Å². The average molecular weight is 307 g/mol. The highest BCUT2D eigenvalue weighted by molar-refractivity contribution is 8.00. The maximum absolute atomic E-state index is 11.5. The van der Waals surface area contributed by atoms with Crippen LogP contribution >= 0.6 is 11.8 Å². The Morgan fingerprint density at radius 3 is 2.38 bits per heavy atom. The summed E-state index contributed by atoms with van der Waals surface area (Å²) in [5.74, 6) is -0.740. The van der Waals surface area contributed by atoms with E-state index in [1.54, 1.807) is 0 Å². The van der Waals surface area contributed by atoms with E-state index in [4.69, 9.17) is 0 Å². The number of nitrogens with zero attached hydrogens (tertiary/aromatic N) is 1. The summed E-state index contributed by atoms with van der Waals surface area (Å²) in [6.07, 6.45) is 0.981. The molecule has 1 atom stereocenters. The molecule has 1 heterocycles. The van der Waals surface area contributed by atoms with Gasteiger partial charge in [0.1, 0.15) is 5.25 Å². The molecule has 1 aromatic rings. The number of carboxylic acids is 1. The van der Waals surface area contributed by atoms with Gasteiger partial charge in [-0.15, -0.1) is 11.8 Å². The second-order valence-corrected chi connectivity index (χ2v) is 6.14. The van der Waals surface area contributed by atoms with Crippen LogP contribution in [0.3, 0.4) is 0 Å². The normalized spacial score (nSPS) is 16.3. The fraction of sp³-hybridized carbons (Fsp3) is 0.400. The van der Waals surface area contributed by atoms with Crippen molar-refractivity contribution in [3.05, 3.63) is 35.9 Å². The van der Waals surface area contributed by atoms with Gasteiger partial charge in [0.2, 0.25) is 11.8 Å². The lowest BCUT2D eigenvalue weighted by Gasteiger charge is -2.16. The fourth-order valence-corrected chi connectivity index (χ4v) is 3.23. The zero-order valence-corrected chi connectivity index (χ0v) is 12.3. The molecule has 2 rings (SSSR count). The third kappa shape index (κ3) is 4.32. The lowest BCUT2D eigenvalue weighted by Crippen LogP contribution is -2.32. The summed E-state index contributed by atoms with van der Waals surface area (Å²) in [5.41, 5.74) is 0.964. The lowest BCUT2D eigenvalue weighted by molar-refractivity contribution is -0.138. The third-order valence-electron chi connectivity index (χ3n) is 3.33. The van der Waals surface area contributed by atoms with Crippen LogP contribution in [-0.2, 0) is 20.8 Å². The van der Waals surface area contributed by atoms with E-state index >= 15 is 0 Å². The summed E-state index contributed by atoms with van der Waals surface area (Å²) < 4.78 is 0. The molecule has 1 aliphatic heterocycles. The summed E-state index contributed by atoms with van der Waals surface area (Å²) in [6, 6.07) is 9.42. The molecular weight excluding hydrogens is 290 g/mol. The van der Waals surface area contributed by atoms with E-state index in [-0.39, 0.29) is 24.7 Å². The van der Waals surface area contributed by atoms with Gasteiger partial charge in [-0.1, -0.05) is 30.3 Å². The smallest absolute Gasteiger partial charge is 0.316 e. The Morgan fingerprint density at radius 1 is 1.19 bits per heavy atom. The number of thioether (sulfide) groups is 1. The van der Waals surface area contributed by atoms with Crippen LogP contribution in [0.5, 0.6) is 0 Å². The number of carbonyl (C=O) groups excluding carboxylic acids is 2. The van der Waals surface area contributed by atoms with E-state index in [0.717, 1.165) is 5.56 Å². The Balaban J connectivity index is 1.85. The van der Waals surface area contributed by atoms with Crippen molar-refractivity contribution in [1.82, 2.24) is 4.90 Å². The maximum atomic E-state index is 11.5. The second-order valence-electron chi connectivity index (χ2n) is 4.83. The van der Waals surface area contributed by atoms with Gasteiger partial charge in [-0.3, -0.25) is 19.3 Å². The highest BCUT2D eigenvalue weighted by atomic mass is 32.2.